The fourth-order valence-electron chi connectivity index (χ4n) is 2.86. The number of nitrogens with zero attached hydrogens (tertiary/aromatic N) is 3. The van der Waals surface area contributed by atoms with Crippen molar-refractivity contribution in [2.75, 3.05) is 36.8 Å². The number of carbonyl (C=O) groups excluding carboxylic acids is 2. The highest BCUT2D eigenvalue weighted by molar-refractivity contribution is 7.89. The van der Waals surface area contributed by atoms with Crippen LogP contribution in [-0.4, -0.2) is 60.7 Å². The van der Waals surface area contributed by atoms with Crippen molar-refractivity contribution in [3.8, 4) is 0 Å². The first-order valence-electron chi connectivity index (χ1n) is 8.70. The van der Waals surface area contributed by atoms with E-state index in [2.05, 4.69) is 15.6 Å². The van der Waals surface area contributed by atoms with Crippen molar-refractivity contribution in [2.45, 2.75) is 11.8 Å². The lowest BCUT2D eigenvalue weighted by molar-refractivity contribution is -0.114. The van der Waals surface area contributed by atoms with Crippen molar-refractivity contribution in [1.82, 2.24) is 14.2 Å². The van der Waals surface area contributed by atoms with Crippen LogP contribution in [0.5, 0.6) is 0 Å². The molecule has 3 rings (SSSR count). The average Bonchev–Trinajstić information content (AvgIpc) is 2.68. The van der Waals surface area contributed by atoms with Gasteiger partial charge in [0.1, 0.15) is 4.90 Å². The molecule has 0 radical (unpaired) electrons. The minimum Gasteiger partial charge on any atom is -0.326 e. The molecule has 2 N–H and O–H groups in total. The highest BCUT2D eigenvalue weighted by Gasteiger charge is 2.30. The van der Waals surface area contributed by atoms with Crippen molar-refractivity contribution in [3.63, 3.8) is 0 Å². The Labute approximate surface area is 163 Å². The number of hydrogen-bond donors (Lipinski definition) is 2. The second kappa shape index (κ2) is 8.36. The number of carbonyl (C=O) groups is 2. The maximum Gasteiger partial charge on any atom is 0.321 e. The van der Waals surface area contributed by atoms with Gasteiger partial charge in [-0.3, -0.25) is 9.78 Å². The molecule has 1 aromatic heterocycles. The summed E-state index contributed by atoms with van der Waals surface area (Å²) in [6, 6.07) is 9.57. The number of rotatable bonds is 4. The maximum atomic E-state index is 12.6. The minimum absolute atomic E-state index is 0.141. The molecular formula is C18H21N5O4S. The van der Waals surface area contributed by atoms with Crippen LogP contribution in [0.4, 0.5) is 16.2 Å². The predicted molar refractivity (Wildman–Crippen MR) is 104 cm³/mol. The first-order chi connectivity index (χ1) is 13.4. The van der Waals surface area contributed by atoms with E-state index in [1.54, 1.807) is 35.2 Å². The number of anilines is 2. The molecule has 28 heavy (non-hydrogen) atoms. The highest BCUT2D eigenvalue weighted by atomic mass is 32.2. The normalized spacial score (nSPS) is 15.1. The Morgan fingerprint density at radius 1 is 1.00 bits per heavy atom. The molecule has 0 bridgehead atoms. The van der Waals surface area contributed by atoms with Crippen LogP contribution >= 0.6 is 0 Å². The van der Waals surface area contributed by atoms with Gasteiger partial charge in [0.05, 0.1) is 0 Å². The molecule has 0 atom stereocenters. The zero-order valence-electron chi connectivity index (χ0n) is 15.3. The molecule has 0 aliphatic carbocycles. The largest absolute Gasteiger partial charge is 0.326 e. The third kappa shape index (κ3) is 4.65. The summed E-state index contributed by atoms with van der Waals surface area (Å²) in [4.78, 5) is 29.2. The second-order valence-electron chi connectivity index (χ2n) is 6.27. The Hall–Kier alpha value is -2.98. The zero-order chi connectivity index (χ0) is 20.1. The Balaban J connectivity index is 1.59. The van der Waals surface area contributed by atoms with E-state index >= 15 is 0 Å². The van der Waals surface area contributed by atoms with Gasteiger partial charge >= 0.3 is 6.03 Å². The van der Waals surface area contributed by atoms with Gasteiger partial charge in [0.2, 0.25) is 15.9 Å². The lowest BCUT2D eigenvalue weighted by atomic mass is 10.2. The number of hydrogen-bond acceptors (Lipinski definition) is 5. The predicted octanol–water partition coefficient (Wildman–Crippen LogP) is 1.58. The van der Waals surface area contributed by atoms with E-state index in [9.17, 15) is 18.0 Å². The molecule has 2 aromatic rings. The fraction of sp³-hybridized carbons (Fsp3) is 0.278. The summed E-state index contributed by atoms with van der Waals surface area (Å²) < 4.78 is 26.6. The third-order valence-electron chi connectivity index (χ3n) is 4.23. The Kier molecular flexibility index (Phi) is 5.90. The Morgan fingerprint density at radius 3 is 2.29 bits per heavy atom. The average molecular weight is 403 g/mol. The number of benzene rings is 1. The molecule has 0 spiro atoms. The summed E-state index contributed by atoms with van der Waals surface area (Å²) in [5.74, 6) is -0.200. The summed E-state index contributed by atoms with van der Waals surface area (Å²) in [5.41, 5.74) is 1.12. The van der Waals surface area contributed by atoms with Gasteiger partial charge in [-0.05, 0) is 30.3 Å². The summed E-state index contributed by atoms with van der Waals surface area (Å²) >= 11 is 0. The number of piperazine rings is 1. The Morgan fingerprint density at radius 2 is 1.68 bits per heavy atom. The van der Waals surface area contributed by atoms with E-state index in [4.69, 9.17) is 0 Å². The maximum absolute atomic E-state index is 12.6. The fourth-order valence-corrected chi connectivity index (χ4v) is 4.25. The van der Waals surface area contributed by atoms with Crippen LogP contribution in [0.15, 0.2) is 53.7 Å². The second-order valence-corrected chi connectivity index (χ2v) is 8.21. The SMILES string of the molecule is CC(=O)Nc1cccc(NC(=O)N2CCN(S(=O)(=O)c3cccnc3)CC2)c1. The van der Waals surface area contributed by atoms with Crippen LogP contribution in [0.2, 0.25) is 0 Å². The van der Waals surface area contributed by atoms with E-state index in [1.165, 1.54) is 29.7 Å². The van der Waals surface area contributed by atoms with Crippen LogP contribution in [0.25, 0.3) is 0 Å². The molecule has 10 heteroatoms. The molecule has 1 fully saturated rings. The highest BCUT2D eigenvalue weighted by Crippen LogP contribution is 2.18. The van der Waals surface area contributed by atoms with Gasteiger partial charge in [-0.2, -0.15) is 4.31 Å². The van der Waals surface area contributed by atoms with Crippen molar-refractivity contribution in [1.29, 1.82) is 0 Å². The number of nitrogens with one attached hydrogen (secondary N) is 2. The van der Waals surface area contributed by atoms with E-state index in [-0.39, 0.29) is 43.0 Å². The smallest absolute Gasteiger partial charge is 0.321 e. The van der Waals surface area contributed by atoms with Gasteiger partial charge in [0.25, 0.3) is 0 Å². The summed E-state index contributed by atoms with van der Waals surface area (Å²) in [6.07, 6.45) is 2.83. The van der Waals surface area contributed by atoms with Crippen molar-refractivity contribution >= 4 is 33.3 Å². The lowest BCUT2D eigenvalue weighted by Gasteiger charge is -2.33. The van der Waals surface area contributed by atoms with Gasteiger partial charge in [0, 0.05) is 56.9 Å². The molecular weight excluding hydrogens is 382 g/mol. The number of urea groups is 1. The molecule has 2 heterocycles. The topological polar surface area (TPSA) is 112 Å². The molecule has 3 amide bonds. The van der Waals surface area contributed by atoms with E-state index < -0.39 is 10.0 Å². The van der Waals surface area contributed by atoms with Crippen LogP contribution in [0, 0.1) is 0 Å². The lowest BCUT2D eigenvalue weighted by Crippen LogP contribution is -2.51. The van der Waals surface area contributed by atoms with Crippen molar-refractivity contribution < 1.29 is 18.0 Å². The first kappa shape index (κ1) is 19.8. The summed E-state index contributed by atoms with van der Waals surface area (Å²) in [6.45, 7) is 2.37. The minimum atomic E-state index is -3.61. The molecule has 1 saturated heterocycles. The van der Waals surface area contributed by atoms with Crippen molar-refractivity contribution in [3.05, 3.63) is 48.8 Å². The van der Waals surface area contributed by atoms with Gasteiger partial charge in [-0.25, -0.2) is 13.2 Å². The van der Waals surface area contributed by atoms with E-state index in [0.29, 0.717) is 11.4 Å². The molecule has 1 aromatic carbocycles. The molecule has 1 aliphatic heterocycles. The van der Waals surface area contributed by atoms with Gasteiger partial charge in [-0.15, -0.1) is 0 Å². The molecule has 148 valence electrons. The standard InChI is InChI=1S/C18H21N5O4S/c1-14(24)20-15-4-2-5-16(12-15)21-18(25)22-8-10-23(11-9-22)28(26,27)17-6-3-7-19-13-17/h2-7,12-13H,8-11H2,1H3,(H,20,24)(H,21,25). The van der Waals surface area contributed by atoms with Crippen LogP contribution in [0.1, 0.15) is 6.92 Å². The summed E-state index contributed by atoms with van der Waals surface area (Å²) in [5, 5.41) is 5.42. The monoisotopic (exact) mass is 403 g/mol. The van der Waals surface area contributed by atoms with Gasteiger partial charge in [-0.1, -0.05) is 6.07 Å². The number of aromatic nitrogens is 1. The molecule has 0 unspecified atom stereocenters. The first-order valence-corrected chi connectivity index (χ1v) is 10.1. The van der Waals surface area contributed by atoms with Gasteiger partial charge in [0.15, 0.2) is 0 Å². The number of amides is 3. The van der Waals surface area contributed by atoms with Crippen LogP contribution < -0.4 is 10.6 Å². The quantitative estimate of drug-likeness (QED) is 0.805. The van der Waals surface area contributed by atoms with E-state index in [0.717, 1.165) is 0 Å². The van der Waals surface area contributed by atoms with E-state index in [1.807, 2.05) is 0 Å². The number of sulfonamides is 1. The molecule has 0 saturated carbocycles. The molecule has 1 aliphatic rings. The third-order valence-corrected chi connectivity index (χ3v) is 6.11. The van der Waals surface area contributed by atoms with Gasteiger partial charge < -0.3 is 15.5 Å². The van der Waals surface area contributed by atoms with Crippen LogP contribution in [-0.2, 0) is 14.8 Å². The van der Waals surface area contributed by atoms with Crippen molar-refractivity contribution in [2.24, 2.45) is 0 Å². The Bertz CT molecular complexity index is 957. The zero-order valence-corrected chi connectivity index (χ0v) is 16.1. The van der Waals surface area contributed by atoms with Crippen LogP contribution in [0.3, 0.4) is 0 Å². The number of pyridine rings is 1. The summed E-state index contributed by atoms with van der Waals surface area (Å²) in [7, 11) is -3.61. The molecule has 9 nitrogen and oxygen atoms in total.